The molecule has 7 nitrogen and oxygen atoms in total. The zero-order valence-electron chi connectivity index (χ0n) is 13.5. The summed E-state index contributed by atoms with van der Waals surface area (Å²) in [7, 11) is 0. The van der Waals surface area contributed by atoms with Gasteiger partial charge in [-0.05, 0) is 17.9 Å². The molecular formula is C18H14ClN3O4. The number of rotatable bonds is 3. The number of nitro benzene ring substituents is 2. The van der Waals surface area contributed by atoms with Crippen LogP contribution in [0.1, 0.15) is 29.5 Å². The number of nitro groups is 2. The van der Waals surface area contributed by atoms with Crippen molar-refractivity contribution in [2.45, 2.75) is 18.4 Å². The number of benzene rings is 2. The lowest BCUT2D eigenvalue weighted by Gasteiger charge is -2.37. The number of hydrogen-bond acceptors (Lipinski definition) is 5. The predicted molar refractivity (Wildman–Crippen MR) is 97.6 cm³/mol. The second-order valence-corrected chi connectivity index (χ2v) is 6.85. The summed E-state index contributed by atoms with van der Waals surface area (Å²) in [5, 5.41) is 26.2. The molecule has 132 valence electrons. The molecule has 0 saturated heterocycles. The first-order valence-corrected chi connectivity index (χ1v) is 8.49. The Balaban J connectivity index is 1.86. The van der Waals surface area contributed by atoms with Crippen molar-refractivity contribution < 1.29 is 9.85 Å². The molecule has 2 aromatic carbocycles. The number of allylic oxidation sites excluding steroid dienone is 2. The van der Waals surface area contributed by atoms with Gasteiger partial charge in [0, 0.05) is 24.1 Å². The van der Waals surface area contributed by atoms with E-state index in [1.807, 2.05) is 12.2 Å². The first kappa shape index (κ1) is 16.5. The first-order chi connectivity index (χ1) is 12.5. The third-order valence-electron chi connectivity index (χ3n) is 5.08. The summed E-state index contributed by atoms with van der Waals surface area (Å²) in [6, 6.07) is 9.19. The Bertz CT molecular complexity index is 959. The highest BCUT2D eigenvalue weighted by Gasteiger charge is 2.41. The molecule has 4 rings (SSSR count). The molecule has 0 saturated carbocycles. The molecule has 1 aliphatic carbocycles. The minimum absolute atomic E-state index is 0.0293. The Morgan fingerprint density at radius 2 is 1.85 bits per heavy atom. The normalized spacial score (nSPS) is 23.0. The highest BCUT2D eigenvalue weighted by Crippen LogP contribution is 2.53. The summed E-state index contributed by atoms with van der Waals surface area (Å²) in [5.74, 6) is -0.0462. The molecule has 26 heavy (non-hydrogen) atoms. The van der Waals surface area contributed by atoms with Gasteiger partial charge in [-0.1, -0.05) is 42.0 Å². The second kappa shape index (κ2) is 6.10. The van der Waals surface area contributed by atoms with Gasteiger partial charge < -0.3 is 5.32 Å². The van der Waals surface area contributed by atoms with Gasteiger partial charge in [0.25, 0.3) is 11.4 Å². The van der Waals surface area contributed by atoms with Crippen molar-refractivity contribution in [1.82, 2.24) is 0 Å². The number of fused-ring (bicyclic) bond motifs is 3. The van der Waals surface area contributed by atoms with Crippen LogP contribution in [0.15, 0.2) is 48.6 Å². The summed E-state index contributed by atoms with van der Waals surface area (Å²) >= 11 is 6.31. The van der Waals surface area contributed by atoms with E-state index in [1.165, 1.54) is 18.2 Å². The fourth-order valence-electron chi connectivity index (χ4n) is 3.97. The van der Waals surface area contributed by atoms with Gasteiger partial charge in [0.2, 0.25) is 0 Å². The quantitative estimate of drug-likeness (QED) is 0.466. The van der Waals surface area contributed by atoms with Crippen molar-refractivity contribution >= 4 is 28.7 Å². The smallest absolute Gasteiger partial charge is 0.274 e. The molecular weight excluding hydrogens is 358 g/mol. The number of anilines is 1. The molecule has 0 fully saturated rings. The summed E-state index contributed by atoms with van der Waals surface area (Å²) < 4.78 is 0. The van der Waals surface area contributed by atoms with Crippen LogP contribution in [0.3, 0.4) is 0 Å². The lowest BCUT2D eigenvalue weighted by Crippen LogP contribution is -2.29. The number of para-hydroxylation sites is 1. The lowest BCUT2D eigenvalue weighted by atomic mass is 9.76. The summed E-state index contributed by atoms with van der Waals surface area (Å²) in [4.78, 5) is 21.8. The van der Waals surface area contributed by atoms with Gasteiger partial charge in [0.1, 0.15) is 0 Å². The molecule has 3 atom stereocenters. The number of nitrogens with one attached hydrogen (secondary N) is 1. The standard InChI is InChI=1S/C18H14ClN3O4/c19-15-9-10(21(23)24)8-14-11-5-3-6-12(11)17(20-18(14)15)13-4-1-2-7-16(13)22(25)26/h1-5,7-9,11-12,17,20H,6H2/t11-,12-,17-/m1/s1. The number of non-ortho nitro benzene ring substituents is 1. The molecule has 2 aliphatic rings. The molecule has 2 aromatic rings. The fourth-order valence-corrected chi connectivity index (χ4v) is 4.25. The Hall–Kier alpha value is -2.93. The average molecular weight is 372 g/mol. The molecule has 0 bridgehead atoms. The van der Waals surface area contributed by atoms with Gasteiger partial charge in [-0.2, -0.15) is 0 Å². The van der Waals surface area contributed by atoms with Gasteiger partial charge in [-0.25, -0.2) is 0 Å². The molecule has 1 aliphatic heterocycles. The Morgan fingerprint density at radius 3 is 2.58 bits per heavy atom. The molecule has 1 N–H and O–H groups in total. The van der Waals surface area contributed by atoms with Crippen molar-refractivity contribution in [3.8, 4) is 0 Å². The molecule has 0 spiro atoms. The molecule has 1 heterocycles. The first-order valence-electron chi connectivity index (χ1n) is 8.11. The van der Waals surface area contributed by atoms with E-state index in [0.29, 0.717) is 11.3 Å². The highest BCUT2D eigenvalue weighted by molar-refractivity contribution is 6.33. The zero-order chi connectivity index (χ0) is 18.4. The van der Waals surface area contributed by atoms with Crippen LogP contribution in [0.25, 0.3) is 0 Å². The van der Waals surface area contributed by atoms with E-state index in [-0.39, 0.29) is 39.2 Å². The molecule has 0 radical (unpaired) electrons. The van der Waals surface area contributed by atoms with Gasteiger partial charge in [0.05, 0.1) is 32.2 Å². The maximum atomic E-state index is 11.4. The van der Waals surface area contributed by atoms with E-state index in [9.17, 15) is 20.2 Å². The lowest BCUT2D eigenvalue weighted by molar-refractivity contribution is -0.385. The largest absolute Gasteiger partial charge is 0.376 e. The predicted octanol–water partition coefficient (Wildman–Crippen LogP) is 4.98. The van der Waals surface area contributed by atoms with E-state index < -0.39 is 4.92 Å². The minimum atomic E-state index is -0.464. The Labute approximate surface area is 153 Å². The SMILES string of the molecule is O=[N+]([O-])c1cc(Cl)c2c(c1)[C@@H]1C=CC[C@H]1[C@H](c1ccccc1[N+](=O)[O-])N2. The fraction of sp³-hybridized carbons (Fsp3) is 0.222. The summed E-state index contributed by atoms with van der Waals surface area (Å²) in [5.41, 5.74) is 1.96. The van der Waals surface area contributed by atoms with E-state index in [2.05, 4.69) is 5.32 Å². The maximum absolute atomic E-state index is 11.4. The molecule has 0 unspecified atom stereocenters. The number of halogens is 1. The topological polar surface area (TPSA) is 98.3 Å². The van der Waals surface area contributed by atoms with Crippen molar-refractivity contribution in [2.24, 2.45) is 5.92 Å². The number of hydrogen-bond donors (Lipinski definition) is 1. The second-order valence-electron chi connectivity index (χ2n) is 6.44. The third kappa shape index (κ3) is 2.52. The van der Waals surface area contributed by atoms with E-state index in [1.54, 1.807) is 18.2 Å². The molecule has 8 heteroatoms. The summed E-state index contributed by atoms with van der Waals surface area (Å²) in [6.07, 6.45) is 4.75. The third-order valence-corrected chi connectivity index (χ3v) is 5.38. The van der Waals surface area contributed by atoms with Gasteiger partial charge in [-0.15, -0.1) is 0 Å². The van der Waals surface area contributed by atoms with Crippen LogP contribution in [0.5, 0.6) is 0 Å². The van der Waals surface area contributed by atoms with Crippen molar-refractivity contribution in [2.75, 3.05) is 5.32 Å². The van der Waals surface area contributed by atoms with E-state index in [0.717, 1.165) is 12.0 Å². The van der Waals surface area contributed by atoms with Gasteiger partial charge in [-0.3, -0.25) is 20.2 Å². The summed E-state index contributed by atoms with van der Waals surface area (Å²) in [6.45, 7) is 0. The van der Waals surface area contributed by atoms with Crippen LogP contribution in [0.2, 0.25) is 5.02 Å². The zero-order valence-corrected chi connectivity index (χ0v) is 14.2. The van der Waals surface area contributed by atoms with Crippen LogP contribution in [-0.4, -0.2) is 9.85 Å². The van der Waals surface area contributed by atoms with E-state index in [4.69, 9.17) is 11.6 Å². The van der Waals surface area contributed by atoms with E-state index >= 15 is 0 Å². The van der Waals surface area contributed by atoms with Crippen molar-refractivity contribution in [1.29, 1.82) is 0 Å². The van der Waals surface area contributed by atoms with Crippen LogP contribution in [0, 0.1) is 26.1 Å². The maximum Gasteiger partial charge on any atom is 0.274 e. The van der Waals surface area contributed by atoms with Crippen LogP contribution in [0.4, 0.5) is 17.1 Å². The van der Waals surface area contributed by atoms with Crippen molar-refractivity contribution in [3.63, 3.8) is 0 Å². The Morgan fingerprint density at radius 1 is 1.08 bits per heavy atom. The van der Waals surface area contributed by atoms with Crippen LogP contribution < -0.4 is 5.32 Å². The van der Waals surface area contributed by atoms with Crippen molar-refractivity contribution in [3.05, 3.63) is 84.9 Å². The number of nitrogens with zero attached hydrogens (tertiary/aromatic N) is 2. The Kier molecular flexibility index (Phi) is 3.88. The van der Waals surface area contributed by atoms with Gasteiger partial charge >= 0.3 is 0 Å². The van der Waals surface area contributed by atoms with Crippen LogP contribution >= 0.6 is 11.6 Å². The monoisotopic (exact) mass is 371 g/mol. The minimum Gasteiger partial charge on any atom is -0.376 e. The van der Waals surface area contributed by atoms with Gasteiger partial charge in [0.15, 0.2) is 0 Å². The molecule has 0 aromatic heterocycles. The molecule has 0 amide bonds. The van der Waals surface area contributed by atoms with Crippen LogP contribution in [-0.2, 0) is 0 Å². The highest BCUT2D eigenvalue weighted by atomic mass is 35.5. The average Bonchev–Trinajstić information content (AvgIpc) is 3.11.